The number of piperidine rings is 1. The average molecular weight is 201 g/mol. The Balaban J connectivity index is 2.05. The summed E-state index contributed by atoms with van der Waals surface area (Å²) in [4.78, 5) is 6.77. The van der Waals surface area contributed by atoms with Crippen molar-refractivity contribution >= 4 is 11.5 Å². The van der Waals surface area contributed by atoms with Crippen molar-refractivity contribution in [3.63, 3.8) is 0 Å². The Kier molecular flexibility index (Phi) is 2.09. The molecule has 0 atom stereocenters. The maximum absolute atomic E-state index is 4.31. The van der Waals surface area contributed by atoms with Crippen LogP contribution < -0.4 is 4.90 Å². The quantitative estimate of drug-likeness (QED) is 0.706. The van der Waals surface area contributed by atoms with Crippen LogP contribution in [0.5, 0.6) is 0 Å². The molecule has 0 unspecified atom stereocenters. The van der Waals surface area contributed by atoms with Gasteiger partial charge in [-0.2, -0.15) is 0 Å². The summed E-state index contributed by atoms with van der Waals surface area (Å²) in [6.07, 6.45) is 7.90. The summed E-state index contributed by atoms with van der Waals surface area (Å²) in [6, 6.07) is 6.32. The van der Waals surface area contributed by atoms with Crippen LogP contribution in [0.3, 0.4) is 0 Å². The van der Waals surface area contributed by atoms with Crippen molar-refractivity contribution in [1.82, 2.24) is 9.38 Å². The third-order valence-corrected chi connectivity index (χ3v) is 3.09. The molecule has 3 rings (SSSR count). The Morgan fingerprint density at radius 1 is 1.07 bits per heavy atom. The van der Waals surface area contributed by atoms with E-state index >= 15 is 0 Å². The summed E-state index contributed by atoms with van der Waals surface area (Å²) >= 11 is 0. The van der Waals surface area contributed by atoms with Crippen molar-refractivity contribution in [3.8, 4) is 0 Å². The lowest BCUT2D eigenvalue weighted by atomic mass is 10.1. The number of hydrogen-bond donors (Lipinski definition) is 0. The van der Waals surface area contributed by atoms with Crippen molar-refractivity contribution < 1.29 is 0 Å². The number of aromatic nitrogens is 2. The molecular formula is C12H15N3. The number of hydrogen-bond acceptors (Lipinski definition) is 2. The molecule has 0 amide bonds. The van der Waals surface area contributed by atoms with E-state index in [0.29, 0.717) is 0 Å². The zero-order valence-electron chi connectivity index (χ0n) is 8.76. The highest BCUT2D eigenvalue weighted by Crippen LogP contribution is 2.20. The second-order valence-corrected chi connectivity index (χ2v) is 4.09. The van der Waals surface area contributed by atoms with Crippen LogP contribution in [-0.4, -0.2) is 22.5 Å². The maximum Gasteiger partial charge on any atom is 0.138 e. The minimum atomic E-state index is 1.04. The van der Waals surface area contributed by atoms with E-state index in [2.05, 4.69) is 26.4 Å². The van der Waals surface area contributed by atoms with Gasteiger partial charge in [0, 0.05) is 25.5 Å². The van der Waals surface area contributed by atoms with Gasteiger partial charge in [-0.1, -0.05) is 6.07 Å². The summed E-state index contributed by atoms with van der Waals surface area (Å²) in [5, 5.41) is 0. The Labute approximate surface area is 89.3 Å². The molecule has 3 nitrogen and oxygen atoms in total. The lowest BCUT2D eigenvalue weighted by Gasteiger charge is -2.29. The highest BCUT2D eigenvalue weighted by Gasteiger charge is 2.12. The van der Waals surface area contributed by atoms with Crippen molar-refractivity contribution in [2.75, 3.05) is 18.0 Å². The Morgan fingerprint density at radius 3 is 2.80 bits per heavy atom. The molecule has 0 radical (unpaired) electrons. The van der Waals surface area contributed by atoms with Gasteiger partial charge in [0.2, 0.25) is 0 Å². The second-order valence-electron chi connectivity index (χ2n) is 4.09. The van der Waals surface area contributed by atoms with Gasteiger partial charge in [0.1, 0.15) is 11.5 Å². The van der Waals surface area contributed by atoms with Gasteiger partial charge in [-0.15, -0.1) is 0 Å². The monoisotopic (exact) mass is 201 g/mol. The Morgan fingerprint density at radius 2 is 1.93 bits per heavy atom. The molecule has 2 aromatic heterocycles. The first-order chi connectivity index (χ1) is 7.45. The molecular weight excluding hydrogens is 186 g/mol. The van der Waals surface area contributed by atoms with Gasteiger partial charge < -0.3 is 4.90 Å². The SMILES string of the molecule is c1cc(N2CCCCC2)n2ccnc2c1. The van der Waals surface area contributed by atoms with E-state index in [1.165, 1.54) is 38.2 Å². The number of imidazole rings is 1. The summed E-state index contributed by atoms with van der Waals surface area (Å²) in [7, 11) is 0. The average Bonchev–Trinajstić information content (AvgIpc) is 2.78. The van der Waals surface area contributed by atoms with E-state index in [9.17, 15) is 0 Å². The number of fused-ring (bicyclic) bond motifs is 1. The molecule has 0 bridgehead atoms. The molecule has 1 aliphatic heterocycles. The third kappa shape index (κ3) is 1.48. The first-order valence-corrected chi connectivity index (χ1v) is 5.62. The molecule has 1 aliphatic rings. The van der Waals surface area contributed by atoms with E-state index in [4.69, 9.17) is 0 Å². The summed E-state index contributed by atoms with van der Waals surface area (Å²) in [5.74, 6) is 1.28. The molecule has 0 aliphatic carbocycles. The Hall–Kier alpha value is -1.51. The lowest BCUT2D eigenvalue weighted by molar-refractivity contribution is 0.572. The van der Waals surface area contributed by atoms with Crippen LogP contribution in [0.15, 0.2) is 30.6 Å². The van der Waals surface area contributed by atoms with E-state index in [-0.39, 0.29) is 0 Å². The molecule has 3 heterocycles. The van der Waals surface area contributed by atoms with Crippen LogP contribution in [0.2, 0.25) is 0 Å². The molecule has 0 spiro atoms. The van der Waals surface area contributed by atoms with Crippen molar-refractivity contribution in [3.05, 3.63) is 30.6 Å². The van der Waals surface area contributed by atoms with Gasteiger partial charge in [-0.25, -0.2) is 4.98 Å². The van der Waals surface area contributed by atoms with Gasteiger partial charge in [0.15, 0.2) is 0 Å². The fraction of sp³-hybridized carbons (Fsp3) is 0.417. The molecule has 1 saturated heterocycles. The van der Waals surface area contributed by atoms with Gasteiger partial charge in [-0.3, -0.25) is 4.40 Å². The van der Waals surface area contributed by atoms with Crippen LogP contribution in [0.1, 0.15) is 19.3 Å². The third-order valence-electron chi connectivity index (χ3n) is 3.09. The zero-order chi connectivity index (χ0) is 10.1. The second kappa shape index (κ2) is 3.57. The van der Waals surface area contributed by atoms with Crippen molar-refractivity contribution in [2.24, 2.45) is 0 Å². The number of anilines is 1. The highest BCUT2D eigenvalue weighted by molar-refractivity contribution is 5.51. The largest absolute Gasteiger partial charge is 0.358 e. The fourth-order valence-corrected chi connectivity index (χ4v) is 2.31. The first-order valence-electron chi connectivity index (χ1n) is 5.62. The number of rotatable bonds is 1. The normalized spacial score (nSPS) is 17.2. The molecule has 1 fully saturated rings. The van der Waals surface area contributed by atoms with Crippen LogP contribution in [-0.2, 0) is 0 Å². The molecule has 0 aromatic carbocycles. The number of nitrogens with zero attached hydrogens (tertiary/aromatic N) is 3. The molecule has 15 heavy (non-hydrogen) atoms. The van der Waals surface area contributed by atoms with Crippen LogP contribution in [0.4, 0.5) is 5.82 Å². The zero-order valence-corrected chi connectivity index (χ0v) is 8.76. The van der Waals surface area contributed by atoms with Gasteiger partial charge in [0.05, 0.1) is 0 Å². The first kappa shape index (κ1) is 8.77. The topological polar surface area (TPSA) is 20.5 Å². The van der Waals surface area contributed by atoms with E-state index in [1.807, 2.05) is 18.5 Å². The van der Waals surface area contributed by atoms with E-state index in [0.717, 1.165) is 5.65 Å². The van der Waals surface area contributed by atoms with Crippen molar-refractivity contribution in [2.45, 2.75) is 19.3 Å². The fourth-order valence-electron chi connectivity index (χ4n) is 2.31. The van der Waals surface area contributed by atoms with Crippen molar-refractivity contribution in [1.29, 1.82) is 0 Å². The Bertz CT molecular complexity index is 455. The molecule has 3 heteroatoms. The summed E-state index contributed by atoms with van der Waals surface area (Å²) < 4.78 is 2.17. The molecule has 78 valence electrons. The van der Waals surface area contributed by atoms with Gasteiger partial charge in [0.25, 0.3) is 0 Å². The summed E-state index contributed by atoms with van der Waals surface area (Å²) in [5.41, 5.74) is 1.04. The maximum atomic E-state index is 4.31. The predicted molar refractivity (Wildman–Crippen MR) is 61.3 cm³/mol. The van der Waals surface area contributed by atoms with Gasteiger partial charge in [-0.05, 0) is 31.4 Å². The minimum Gasteiger partial charge on any atom is -0.358 e. The summed E-state index contributed by atoms with van der Waals surface area (Å²) in [6.45, 7) is 2.36. The van der Waals surface area contributed by atoms with E-state index in [1.54, 1.807) is 0 Å². The predicted octanol–water partition coefficient (Wildman–Crippen LogP) is 2.32. The van der Waals surface area contributed by atoms with E-state index < -0.39 is 0 Å². The number of pyridine rings is 1. The van der Waals surface area contributed by atoms with Crippen LogP contribution in [0.25, 0.3) is 5.65 Å². The standard InChI is InChI=1S/C12H15N3/c1-2-8-14(9-3-1)12-6-4-5-11-13-7-10-15(11)12/h4-7,10H,1-3,8-9H2. The molecule has 2 aromatic rings. The lowest BCUT2D eigenvalue weighted by Crippen LogP contribution is -2.30. The smallest absolute Gasteiger partial charge is 0.138 e. The van der Waals surface area contributed by atoms with Gasteiger partial charge >= 0.3 is 0 Å². The molecule has 0 saturated carbocycles. The highest BCUT2D eigenvalue weighted by atomic mass is 15.2. The minimum absolute atomic E-state index is 1.04. The molecule has 0 N–H and O–H groups in total. The van der Waals surface area contributed by atoms with Crippen LogP contribution >= 0.6 is 0 Å². The van der Waals surface area contributed by atoms with Crippen LogP contribution in [0, 0.1) is 0 Å².